The van der Waals surface area contributed by atoms with Gasteiger partial charge in [-0.2, -0.15) is 0 Å². The summed E-state index contributed by atoms with van der Waals surface area (Å²) in [5.74, 6) is -3.72. The molecule has 1 aliphatic heterocycles. The van der Waals surface area contributed by atoms with Crippen LogP contribution in [0.15, 0.2) is 30.3 Å². The van der Waals surface area contributed by atoms with Gasteiger partial charge in [0, 0.05) is 53.7 Å². The van der Waals surface area contributed by atoms with Crippen molar-refractivity contribution in [2.75, 3.05) is 67.8 Å². The number of aliphatic hydroxyl groups is 2. The van der Waals surface area contributed by atoms with E-state index in [0.717, 1.165) is 12.0 Å². The lowest BCUT2D eigenvalue weighted by molar-refractivity contribution is -0.172. The zero-order valence-corrected chi connectivity index (χ0v) is 53.2. The summed E-state index contributed by atoms with van der Waals surface area (Å²) in [5, 5.41) is 36.7. The van der Waals surface area contributed by atoms with Crippen molar-refractivity contribution in [3.63, 3.8) is 0 Å². The van der Waals surface area contributed by atoms with Gasteiger partial charge in [-0.1, -0.05) is 113 Å². The van der Waals surface area contributed by atoms with Crippen molar-refractivity contribution < 1.29 is 72.3 Å². The number of ether oxygens (including phenoxy) is 5. The molecule has 1 aliphatic rings. The van der Waals surface area contributed by atoms with Gasteiger partial charge in [-0.15, -0.1) is 0 Å². The van der Waals surface area contributed by atoms with Crippen LogP contribution in [-0.4, -0.2) is 196 Å². The first kappa shape index (κ1) is 74.6. The molecule has 0 radical (unpaired) electrons. The molecule has 1 fully saturated rings. The van der Waals surface area contributed by atoms with E-state index in [4.69, 9.17) is 23.7 Å². The van der Waals surface area contributed by atoms with Crippen LogP contribution in [0.4, 0.5) is 4.79 Å². The van der Waals surface area contributed by atoms with E-state index in [1.807, 2.05) is 85.7 Å². The molecule has 23 heteroatoms. The first-order valence-electron chi connectivity index (χ1n) is 30.1. The molecule has 12 atom stereocenters. The minimum absolute atomic E-state index is 0.0127. The topological polar surface area (TPSA) is 302 Å². The van der Waals surface area contributed by atoms with E-state index in [1.165, 1.54) is 21.1 Å². The average molecular weight is 1190 g/mol. The molecule has 84 heavy (non-hydrogen) atoms. The van der Waals surface area contributed by atoms with Crippen LogP contribution in [0.1, 0.15) is 140 Å². The summed E-state index contributed by atoms with van der Waals surface area (Å²) in [5.41, 5.74) is 0.646. The number of esters is 1. The van der Waals surface area contributed by atoms with Crippen LogP contribution < -0.4 is 31.9 Å². The number of carbonyl (C=O) groups excluding carboxylic acids is 8. The van der Waals surface area contributed by atoms with Crippen molar-refractivity contribution in [1.29, 1.82) is 0 Å². The third kappa shape index (κ3) is 25.2. The summed E-state index contributed by atoms with van der Waals surface area (Å²) in [4.78, 5) is 111. The SMILES string of the molecule is CC[C@H](C)[C@@H]([C@@H](CC(=O)N1CCC[C@H]1[C@H](OC)[C@@H](C)C(=O)N[C@@H](Cc1ccccc1)C(=O)NCCCOC(=O)[C@H](C)NC(=O)CCNC(=O)OCC(O)OC(CO)CC(C)(C)CC(C)C)OC)N(C)C(=O)[C@@H](NC(=O)[C@@H](NC)C(C)C)C(C)C. The lowest BCUT2D eigenvalue weighted by Crippen LogP contribution is -2.59. The van der Waals surface area contributed by atoms with Crippen molar-refractivity contribution in [2.24, 2.45) is 35.0 Å². The number of carbonyl (C=O) groups is 8. The number of amides is 7. The van der Waals surface area contributed by atoms with Gasteiger partial charge in [-0.05, 0) is 80.7 Å². The van der Waals surface area contributed by atoms with Gasteiger partial charge in [0.05, 0.1) is 62.0 Å². The smallest absolute Gasteiger partial charge is 0.407 e. The summed E-state index contributed by atoms with van der Waals surface area (Å²) in [6, 6.07) is 4.80. The molecular formula is C61H106N8O15. The summed E-state index contributed by atoms with van der Waals surface area (Å²) in [7, 11) is 6.42. The number of alkyl carbamates (subject to hydrolysis) is 1. The second-order valence-corrected chi connectivity index (χ2v) is 24.3. The molecule has 1 saturated heterocycles. The number of hydrogen-bond donors (Lipinski definition) is 8. The lowest BCUT2D eigenvalue weighted by Gasteiger charge is -2.41. The number of benzene rings is 1. The number of methoxy groups -OCH3 is 2. The minimum atomic E-state index is -1.47. The van der Waals surface area contributed by atoms with E-state index in [9.17, 15) is 48.6 Å². The van der Waals surface area contributed by atoms with Crippen LogP contribution in [-0.2, 0) is 63.7 Å². The molecule has 1 aromatic rings. The Balaban J connectivity index is 2.01. The summed E-state index contributed by atoms with van der Waals surface area (Å²) < 4.78 is 27.9. The molecule has 0 spiro atoms. The van der Waals surface area contributed by atoms with Gasteiger partial charge in [0.15, 0.2) is 6.29 Å². The Morgan fingerprint density at radius 1 is 0.810 bits per heavy atom. The molecule has 1 heterocycles. The maximum atomic E-state index is 14.5. The Morgan fingerprint density at radius 3 is 2.04 bits per heavy atom. The van der Waals surface area contributed by atoms with Gasteiger partial charge in [0.1, 0.15) is 24.7 Å². The summed E-state index contributed by atoms with van der Waals surface area (Å²) in [6.45, 7) is 22.5. The van der Waals surface area contributed by atoms with Gasteiger partial charge in [-0.3, -0.25) is 28.8 Å². The fourth-order valence-corrected chi connectivity index (χ4v) is 11.2. The molecule has 480 valence electrons. The minimum Gasteiger partial charge on any atom is -0.464 e. The van der Waals surface area contributed by atoms with Crippen molar-refractivity contribution in [3.05, 3.63) is 35.9 Å². The first-order valence-corrected chi connectivity index (χ1v) is 30.1. The molecule has 7 amide bonds. The van der Waals surface area contributed by atoms with Crippen molar-refractivity contribution in [2.45, 2.75) is 202 Å². The zero-order chi connectivity index (χ0) is 63.4. The highest BCUT2D eigenvalue weighted by atomic mass is 16.6. The van der Waals surface area contributed by atoms with Gasteiger partial charge in [0.25, 0.3) is 0 Å². The monoisotopic (exact) mass is 1190 g/mol. The molecule has 0 bridgehead atoms. The van der Waals surface area contributed by atoms with Crippen LogP contribution in [0.5, 0.6) is 0 Å². The largest absolute Gasteiger partial charge is 0.464 e. The third-order valence-corrected chi connectivity index (χ3v) is 15.5. The molecule has 23 nitrogen and oxygen atoms in total. The maximum absolute atomic E-state index is 14.5. The van der Waals surface area contributed by atoms with E-state index >= 15 is 0 Å². The average Bonchev–Trinajstić information content (AvgIpc) is 4.14. The van der Waals surface area contributed by atoms with E-state index in [0.29, 0.717) is 38.1 Å². The standard InChI is InChI=1S/C61H106N8O15/c1-17-40(8)53(68(14)58(77)52(39(6)7)67-57(76)51(62-13)38(4)5)47(80-15)32-49(72)69-29-21-25-46(69)54(81-16)41(9)55(74)66-45(31-43-23-19-18-20-24-43)56(75)63-27-22-30-82-59(78)42(10)65-48(71)26-28-64-60(79)83-36-50(73)84-44(35-70)34-61(11,12)33-37(2)3/h18-20,23-24,37-42,44-47,50-54,62,70,73H,17,21-22,25-36H2,1-16H3,(H,63,75)(H,64,79)(H,65,71)(H,66,74)(H,67,76)/t40-,41+,42-,44?,45-,46-,47+,50?,51-,52-,53-,54+/m0/s1. The molecule has 0 aliphatic carbocycles. The van der Waals surface area contributed by atoms with Gasteiger partial charge < -0.3 is 75.6 Å². The maximum Gasteiger partial charge on any atom is 0.407 e. The van der Waals surface area contributed by atoms with Crippen molar-refractivity contribution in [1.82, 2.24) is 41.7 Å². The van der Waals surface area contributed by atoms with Crippen LogP contribution in [0.3, 0.4) is 0 Å². The first-order chi connectivity index (χ1) is 39.6. The Kier molecular flexibility index (Phi) is 33.6. The van der Waals surface area contributed by atoms with E-state index in [1.54, 1.807) is 30.8 Å². The number of aliphatic hydroxyl groups excluding tert-OH is 2. The predicted molar refractivity (Wildman–Crippen MR) is 319 cm³/mol. The Hall–Kier alpha value is -5.46. The van der Waals surface area contributed by atoms with E-state index in [2.05, 4.69) is 45.7 Å². The number of likely N-dealkylation sites (tertiary alicyclic amines) is 1. The van der Waals surface area contributed by atoms with Crippen molar-refractivity contribution >= 4 is 47.5 Å². The lowest BCUT2D eigenvalue weighted by atomic mass is 9.79. The van der Waals surface area contributed by atoms with Crippen LogP contribution in [0, 0.1) is 35.0 Å². The molecular weight excluding hydrogens is 1080 g/mol. The second kappa shape index (κ2) is 37.9. The fourth-order valence-electron chi connectivity index (χ4n) is 11.2. The molecule has 0 aromatic heterocycles. The molecule has 8 N–H and O–H groups in total. The van der Waals surface area contributed by atoms with Gasteiger partial charge >= 0.3 is 12.1 Å². The normalized spacial score (nSPS) is 17.6. The predicted octanol–water partition coefficient (Wildman–Crippen LogP) is 3.85. The highest BCUT2D eigenvalue weighted by molar-refractivity contribution is 5.91. The quantitative estimate of drug-likeness (QED) is 0.0264. The highest BCUT2D eigenvalue weighted by Crippen LogP contribution is 2.32. The Bertz CT molecular complexity index is 2190. The molecule has 2 unspecified atom stereocenters. The van der Waals surface area contributed by atoms with E-state index < -0.39 is 103 Å². The summed E-state index contributed by atoms with van der Waals surface area (Å²) in [6.07, 6.45) is -1.11. The number of nitrogens with one attached hydrogen (secondary N) is 6. The Labute approximate surface area is 500 Å². The highest BCUT2D eigenvalue weighted by Gasteiger charge is 2.44. The van der Waals surface area contributed by atoms with E-state index in [-0.39, 0.29) is 92.9 Å². The second-order valence-electron chi connectivity index (χ2n) is 24.3. The van der Waals surface area contributed by atoms with Gasteiger partial charge in [0.2, 0.25) is 35.4 Å². The number of hydrogen-bond acceptors (Lipinski definition) is 16. The fraction of sp³-hybridized carbons (Fsp3) is 0.770. The third-order valence-electron chi connectivity index (χ3n) is 15.5. The van der Waals surface area contributed by atoms with Crippen molar-refractivity contribution in [3.8, 4) is 0 Å². The molecule has 1 aromatic carbocycles. The molecule has 2 rings (SSSR count). The summed E-state index contributed by atoms with van der Waals surface area (Å²) >= 11 is 0. The van der Waals surface area contributed by atoms with Gasteiger partial charge in [-0.25, -0.2) is 9.59 Å². The zero-order valence-electron chi connectivity index (χ0n) is 53.2. The Morgan fingerprint density at radius 2 is 1.46 bits per heavy atom. The van der Waals surface area contributed by atoms with Crippen LogP contribution in [0.2, 0.25) is 0 Å². The number of rotatable bonds is 39. The number of likely N-dealkylation sites (N-methyl/N-ethyl adjacent to an activating group) is 2. The molecule has 0 saturated carbocycles. The van der Waals surface area contributed by atoms with Crippen LogP contribution in [0.25, 0.3) is 0 Å². The van der Waals surface area contributed by atoms with Crippen LogP contribution >= 0.6 is 0 Å². The number of nitrogens with zero attached hydrogens (tertiary/aromatic N) is 2.